The molecule has 1 fully saturated rings. The fraction of sp³-hybridized carbons (Fsp3) is 0.467. The highest BCUT2D eigenvalue weighted by molar-refractivity contribution is 5.77. The van der Waals surface area contributed by atoms with Gasteiger partial charge in [-0.2, -0.15) is 0 Å². The third-order valence-electron chi connectivity index (χ3n) is 3.74. The van der Waals surface area contributed by atoms with Crippen molar-refractivity contribution < 1.29 is 14.7 Å². The molecule has 0 saturated heterocycles. The molecule has 108 valence electrons. The van der Waals surface area contributed by atoms with E-state index in [9.17, 15) is 9.59 Å². The summed E-state index contributed by atoms with van der Waals surface area (Å²) in [6.45, 7) is 0. The van der Waals surface area contributed by atoms with Crippen LogP contribution in [0.15, 0.2) is 24.3 Å². The van der Waals surface area contributed by atoms with Gasteiger partial charge in [0.15, 0.2) is 0 Å². The molecule has 0 bridgehead atoms. The summed E-state index contributed by atoms with van der Waals surface area (Å²) < 4.78 is 0. The zero-order chi connectivity index (χ0) is 14.5. The SMILES string of the molecule is Nc1cccc(CCC(=O)N[C@H]2CC[C@@H](C(=O)O)C2)c1. The van der Waals surface area contributed by atoms with Gasteiger partial charge in [-0.3, -0.25) is 9.59 Å². The highest BCUT2D eigenvalue weighted by Gasteiger charge is 2.30. The van der Waals surface area contributed by atoms with E-state index in [0.717, 1.165) is 12.0 Å². The Morgan fingerprint density at radius 2 is 2.15 bits per heavy atom. The van der Waals surface area contributed by atoms with Crippen LogP contribution in [0.1, 0.15) is 31.2 Å². The average Bonchev–Trinajstić information content (AvgIpc) is 2.85. The lowest BCUT2D eigenvalue weighted by atomic mass is 10.1. The molecule has 20 heavy (non-hydrogen) atoms. The first-order chi connectivity index (χ1) is 9.54. The minimum Gasteiger partial charge on any atom is -0.481 e. The number of carbonyl (C=O) groups is 2. The van der Waals surface area contributed by atoms with Crippen LogP contribution in [-0.4, -0.2) is 23.0 Å². The number of aliphatic carboxylic acids is 1. The number of amides is 1. The van der Waals surface area contributed by atoms with Gasteiger partial charge in [0, 0.05) is 18.2 Å². The number of carboxylic acid groups (broad SMARTS) is 1. The first-order valence-electron chi connectivity index (χ1n) is 6.91. The summed E-state index contributed by atoms with van der Waals surface area (Å²) in [4.78, 5) is 22.7. The Balaban J connectivity index is 1.75. The maximum absolute atomic E-state index is 11.8. The Morgan fingerprint density at radius 3 is 2.80 bits per heavy atom. The molecule has 2 atom stereocenters. The minimum atomic E-state index is -0.762. The molecule has 1 aromatic carbocycles. The highest BCUT2D eigenvalue weighted by atomic mass is 16.4. The average molecular weight is 276 g/mol. The molecule has 2 rings (SSSR count). The van der Waals surface area contributed by atoms with Gasteiger partial charge in [-0.1, -0.05) is 12.1 Å². The van der Waals surface area contributed by atoms with E-state index in [-0.39, 0.29) is 17.9 Å². The van der Waals surface area contributed by atoms with E-state index < -0.39 is 5.97 Å². The van der Waals surface area contributed by atoms with E-state index in [1.807, 2.05) is 24.3 Å². The van der Waals surface area contributed by atoms with E-state index in [1.54, 1.807) is 0 Å². The van der Waals surface area contributed by atoms with Crippen molar-refractivity contribution in [2.45, 2.75) is 38.1 Å². The van der Waals surface area contributed by atoms with Crippen LogP contribution in [-0.2, 0) is 16.0 Å². The summed E-state index contributed by atoms with van der Waals surface area (Å²) in [5, 5.41) is 11.8. The van der Waals surface area contributed by atoms with Crippen molar-refractivity contribution in [3.63, 3.8) is 0 Å². The number of carboxylic acids is 1. The number of anilines is 1. The molecular weight excluding hydrogens is 256 g/mol. The molecular formula is C15H20N2O3. The number of hydrogen-bond donors (Lipinski definition) is 3. The van der Waals surface area contributed by atoms with Gasteiger partial charge in [0.1, 0.15) is 0 Å². The third-order valence-corrected chi connectivity index (χ3v) is 3.74. The number of nitrogen functional groups attached to an aromatic ring is 1. The molecule has 0 radical (unpaired) electrons. The van der Waals surface area contributed by atoms with Crippen LogP contribution in [0.2, 0.25) is 0 Å². The van der Waals surface area contributed by atoms with Crippen LogP contribution in [0, 0.1) is 5.92 Å². The number of benzene rings is 1. The second kappa shape index (κ2) is 6.41. The van der Waals surface area contributed by atoms with E-state index in [4.69, 9.17) is 10.8 Å². The first-order valence-corrected chi connectivity index (χ1v) is 6.91. The smallest absolute Gasteiger partial charge is 0.306 e. The number of carbonyl (C=O) groups excluding carboxylic acids is 1. The second-order valence-electron chi connectivity index (χ2n) is 5.36. The summed E-state index contributed by atoms with van der Waals surface area (Å²) in [5.41, 5.74) is 7.42. The molecule has 1 amide bonds. The van der Waals surface area contributed by atoms with Gasteiger partial charge >= 0.3 is 5.97 Å². The van der Waals surface area contributed by atoms with Gasteiger partial charge in [0.25, 0.3) is 0 Å². The Hall–Kier alpha value is -2.04. The van der Waals surface area contributed by atoms with Gasteiger partial charge < -0.3 is 16.2 Å². The molecule has 0 aromatic heterocycles. The van der Waals surface area contributed by atoms with Crippen molar-refractivity contribution in [2.24, 2.45) is 5.92 Å². The highest BCUT2D eigenvalue weighted by Crippen LogP contribution is 2.25. The van der Waals surface area contributed by atoms with E-state index in [2.05, 4.69) is 5.32 Å². The molecule has 5 heteroatoms. The number of nitrogens with two attached hydrogens (primary N) is 1. The molecule has 5 nitrogen and oxygen atoms in total. The van der Waals surface area contributed by atoms with Crippen molar-refractivity contribution in [3.05, 3.63) is 29.8 Å². The maximum atomic E-state index is 11.8. The fourth-order valence-electron chi connectivity index (χ4n) is 2.64. The lowest BCUT2D eigenvalue weighted by Crippen LogP contribution is -2.33. The molecule has 0 aliphatic heterocycles. The standard InChI is InChI=1S/C15H20N2O3/c16-12-3-1-2-10(8-12)4-7-14(18)17-13-6-5-11(9-13)15(19)20/h1-3,8,11,13H,4-7,9,16H2,(H,17,18)(H,19,20)/t11-,13+/m1/s1. The molecule has 1 aromatic rings. The molecule has 0 unspecified atom stereocenters. The predicted octanol–water partition coefficient (Wildman–Crippen LogP) is 1.57. The van der Waals surface area contributed by atoms with Crippen LogP contribution >= 0.6 is 0 Å². The monoisotopic (exact) mass is 276 g/mol. The van der Waals surface area contributed by atoms with Crippen LogP contribution in [0.4, 0.5) is 5.69 Å². The lowest BCUT2D eigenvalue weighted by molar-refractivity contribution is -0.141. The van der Waals surface area contributed by atoms with Gasteiger partial charge in [-0.15, -0.1) is 0 Å². The van der Waals surface area contributed by atoms with E-state index >= 15 is 0 Å². The Morgan fingerprint density at radius 1 is 1.35 bits per heavy atom. The van der Waals surface area contributed by atoms with Gasteiger partial charge in [-0.25, -0.2) is 0 Å². The topological polar surface area (TPSA) is 92.4 Å². The fourth-order valence-corrected chi connectivity index (χ4v) is 2.64. The summed E-state index contributed by atoms with van der Waals surface area (Å²) in [5.74, 6) is -1.10. The quantitative estimate of drug-likeness (QED) is 0.712. The van der Waals surface area contributed by atoms with E-state index in [1.165, 1.54) is 0 Å². The Bertz CT molecular complexity index is 502. The summed E-state index contributed by atoms with van der Waals surface area (Å²) in [6.07, 6.45) is 2.99. The van der Waals surface area contributed by atoms with Crippen LogP contribution in [0.25, 0.3) is 0 Å². The molecule has 1 aliphatic carbocycles. The third kappa shape index (κ3) is 3.98. The number of aryl methyl sites for hydroxylation is 1. The molecule has 1 saturated carbocycles. The molecule has 0 heterocycles. The summed E-state index contributed by atoms with van der Waals surface area (Å²) >= 11 is 0. The van der Waals surface area contributed by atoms with E-state index in [0.29, 0.717) is 31.4 Å². The van der Waals surface area contributed by atoms with Crippen molar-refractivity contribution in [1.82, 2.24) is 5.32 Å². The Labute approximate surface area is 118 Å². The van der Waals surface area contributed by atoms with Gasteiger partial charge in [-0.05, 0) is 43.4 Å². The molecule has 1 aliphatic rings. The zero-order valence-corrected chi connectivity index (χ0v) is 11.3. The lowest BCUT2D eigenvalue weighted by Gasteiger charge is -2.12. The van der Waals surface area contributed by atoms with Crippen molar-refractivity contribution in [3.8, 4) is 0 Å². The first kappa shape index (κ1) is 14.4. The predicted molar refractivity (Wildman–Crippen MR) is 76.1 cm³/mol. The van der Waals surface area contributed by atoms with Crippen LogP contribution in [0.3, 0.4) is 0 Å². The van der Waals surface area contributed by atoms with Crippen molar-refractivity contribution in [1.29, 1.82) is 0 Å². The summed E-state index contributed by atoms with van der Waals surface area (Å²) in [6, 6.07) is 7.50. The molecule has 4 N–H and O–H groups in total. The Kier molecular flexibility index (Phi) is 4.61. The number of nitrogens with one attached hydrogen (secondary N) is 1. The summed E-state index contributed by atoms with van der Waals surface area (Å²) in [7, 11) is 0. The second-order valence-corrected chi connectivity index (χ2v) is 5.36. The van der Waals surface area contributed by atoms with Crippen molar-refractivity contribution >= 4 is 17.6 Å². The van der Waals surface area contributed by atoms with Crippen LogP contribution in [0.5, 0.6) is 0 Å². The number of rotatable bonds is 5. The van der Waals surface area contributed by atoms with Crippen LogP contribution < -0.4 is 11.1 Å². The van der Waals surface area contributed by atoms with Gasteiger partial charge in [0.05, 0.1) is 5.92 Å². The molecule has 0 spiro atoms. The minimum absolute atomic E-state index is 0.00411. The maximum Gasteiger partial charge on any atom is 0.306 e. The number of hydrogen-bond acceptors (Lipinski definition) is 3. The van der Waals surface area contributed by atoms with Gasteiger partial charge in [0.2, 0.25) is 5.91 Å². The largest absolute Gasteiger partial charge is 0.481 e. The zero-order valence-electron chi connectivity index (χ0n) is 11.3. The van der Waals surface area contributed by atoms with Crippen molar-refractivity contribution in [2.75, 3.05) is 5.73 Å². The normalized spacial score (nSPS) is 21.6.